The summed E-state index contributed by atoms with van der Waals surface area (Å²) < 4.78 is 29.1. The van der Waals surface area contributed by atoms with Crippen molar-refractivity contribution < 1.29 is 23.1 Å². The van der Waals surface area contributed by atoms with Crippen LogP contribution in [-0.2, 0) is 25.4 Å². The van der Waals surface area contributed by atoms with Crippen LogP contribution in [0.1, 0.15) is 61.3 Å². The molecule has 42 heavy (non-hydrogen) atoms. The van der Waals surface area contributed by atoms with Crippen molar-refractivity contribution in [2.75, 3.05) is 6.54 Å². The summed E-state index contributed by atoms with van der Waals surface area (Å²) in [4.78, 5) is 28.3. The molecule has 5 rings (SSSR count). The summed E-state index contributed by atoms with van der Waals surface area (Å²) in [5, 5.41) is 11.0. The molecule has 4 atom stereocenters. The quantitative estimate of drug-likeness (QED) is 0.255. The summed E-state index contributed by atoms with van der Waals surface area (Å²) in [5.74, 6) is -1.75. The van der Waals surface area contributed by atoms with Gasteiger partial charge >= 0.3 is 5.97 Å². The van der Waals surface area contributed by atoms with Crippen LogP contribution in [-0.4, -0.2) is 42.9 Å². The normalized spacial score (nSPS) is 23.5. The van der Waals surface area contributed by atoms with Gasteiger partial charge in [0.1, 0.15) is 0 Å². The summed E-state index contributed by atoms with van der Waals surface area (Å²) in [6.07, 6.45) is 1.64. The number of benzene rings is 3. The predicted molar refractivity (Wildman–Crippen MR) is 164 cm³/mol. The molecule has 7 nitrogen and oxygen atoms in total. The summed E-state index contributed by atoms with van der Waals surface area (Å²) in [6.45, 7) is 1.73. The first-order valence-corrected chi connectivity index (χ1v) is 16.4. The van der Waals surface area contributed by atoms with Gasteiger partial charge in [0.2, 0.25) is 15.9 Å². The molecular formula is C32H34Cl2N2O5S. The lowest BCUT2D eigenvalue weighted by Gasteiger charge is -2.52. The zero-order valence-corrected chi connectivity index (χ0v) is 25.6. The van der Waals surface area contributed by atoms with Crippen LogP contribution >= 0.6 is 23.2 Å². The Kier molecular flexibility index (Phi) is 8.99. The number of carboxylic acid groups (broad SMARTS) is 1. The minimum atomic E-state index is -3.72. The van der Waals surface area contributed by atoms with Gasteiger partial charge in [-0.25, -0.2) is 13.1 Å². The van der Waals surface area contributed by atoms with Crippen molar-refractivity contribution in [1.82, 2.24) is 9.62 Å². The van der Waals surface area contributed by atoms with Crippen molar-refractivity contribution in [1.29, 1.82) is 0 Å². The summed E-state index contributed by atoms with van der Waals surface area (Å²) in [5.41, 5.74) is 1.18. The van der Waals surface area contributed by atoms with Crippen LogP contribution in [0.5, 0.6) is 0 Å². The Hall–Kier alpha value is -2.91. The summed E-state index contributed by atoms with van der Waals surface area (Å²) in [7, 11) is -3.72. The van der Waals surface area contributed by atoms with Gasteiger partial charge in [0.05, 0.1) is 23.6 Å². The molecule has 0 aromatic heterocycles. The molecule has 10 heteroatoms. The second-order valence-electron chi connectivity index (χ2n) is 11.7. The highest BCUT2D eigenvalue weighted by atomic mass is 35.5. The first-order chi connectivity index (χ1) is 20.0. The van der Waals surface area contributed by atoms with Gasteiger partial charge in [0.15, 0.2) is 0 Å². The van der Waals surface area contributed by atoms with E-state index in [2.05, 4.69) is 4.72 Å². The molecular weight excluding hydrogens is 595 g/mol. The fourth-order valence-corrected chi connectivity index (χ4v) is 7.76. The molecule has 0 radical (unpaired) electrons. The topological polar surface area (TPSA) is 104 Å². The van der Waals surface area contributed by atoms with Crippen molar-refractivity contribution in [2.24, 2.45) is 11.3 Å². The van der Waals surface area contributed by atoms with E-state index in [1.165, 1.54) is 0 Å². The van der Waals surface area contributed by atoms with E-state index in [1.54, 1.807) is 54.3 Å². The van der Waals surface area contributed by atoms with Gasteiger partial charge in [-0.2, -0.15) is 0 Å². The number of nitrogens with zero attached hydrogens (tertiary/aromatic N) is 1. The van der Waals surface area contributed by atoms with Crippen molar-refractivity contribution in [3.63, 3.8) is 0 Å². The van der Waals surface area contributed by atoms with Crippen LogP contribution < -0.4 is 4.72 Å². The molecule has 4 unspecified atom stereocenters. The first kappa shape index (κ1) is 30.5. The van der Waals surface area contributed by atoms with Crippen LogP contribution in [0.25, 0.3) is 0 Å². The second-order valence-corrected chi connectivity index (χ2v) is 14.4. The van der Waals surface area contributed by atoms with Gasteiger partial charge in [0, 0.05) is 28.5 Å². The Balaban J connectivity index is 1.58. The van der Waals surface area contributed by atoms with Gasteiger partial charge in [-0.3, -0.25) is 9.59 Å². The third-order valence-corrected chi connectivity index (χ3v) is 10.2. The minimum Gasteiger partial charge on any atom is -0.481 e. The third-order valence-electron chi connectivity index (χ3n) is 8.37. The zero-order valence-electron chi connectivity index (χ0n) is 23.2. The molecule has 3 aromatic rings. The van der Waals surface area contributed by atoms with Gasteiger partial charge < -0.3 is 10.0 Å². The average Bonchev–Trinajstić information content (AvgIpc) is 3.77. The van der Waals surface area contributed by atoms with E-state index in [1.807, 2.05) is 36.4 Å². The van der Waals surface area contributed by atoms with Crippen molar-refractivity contribution >= 4 is 45.1 Å². The molecule has 1 saturated carbocycles. The third kappa shape index (κ3) is 7.00. The zero-order chi connectivity index (χ0) is 30.1. The molecule has 1 aliphatic heterocycles. The number of carbonyl (C=O) groups excluding carboxylic acids is 1. The number of carbonyl (C=O) groups is 2. The summed E-state index contributed by atoms with van der Waals surface area (Å²) in [6, 6.07) is 22.7. The number of hydrogen-bond donors (Lipinski definition) is 2. The number of piperidine rings is 1. The van der Waals surface area contributed by atoms with E-state index in [0.29, 0.717) is 22.0 Å². The van der Waals surface area contributed by atoms with Crippen molar-refractivity contribution in [2.45, 2.75) is 56.4 Å². The number of aliphatic carboxylic acids is 1. The standard InChI is InChI=1S/C32H34Cl2N2O5S/c1-32(18-29(37)38)17-27(24-8-5-9-26(34)16-24)30(23-12-14-25(33)15-13-23)36(31(32)39)28(22-10-11-22)19-35-42(40,41)20-21-6-3-2-4-7-21/h2-9,12-16,22,27-28,30,35H,10-11,17-20H2,1H3,(H,37,38). The maximum atomic E-state index is 14.5. The molecule has 2 aliphatic rings. The largest absolute Gasteiger partial charge is 0.481 e. The van der Waals surface area contributed by atoms with Gasteiger partial charge in [-0.15, -0.1) is 0 Å². The van der Waals surface area contributed by atoms with Crippen molar-refractivity contribution in [3.8, 4) is 0 Å². The highest BCUT2D eigenvalue weighted by molar-refractivity contribution is 7.88. The molecule has 1 aliphatic carbocycles. The number of amides is 1. The van der Waals surface area contributed by atoms with Crippen LogP contribution in [0, 0.1) is 11.3 Å². The van der Waals surface area contributed by atoms with Crippen LogP contribution in [0.2, 0.25) is 10.0 Å². The molecule has 0 bridgehead atoms. The summed E-state index contributed by atoms with van der Waals surface area (Å²) >= 11 is 12.7. The van der Waals surface area contributed by atoms with E-state index in [-0.39, 0.29) is 36.5 Å². The lowest BCUT2D eigenvalue weighted by atomic mass is 9.67. The number of likely N-dealkylation sites (tertiary alicyclic amines) is 1. The molecule has 1 saturated heterocycles. The highest BCUT2D eigenvalue weighted by Crippen LogP contribution is 2.54. The van der Waals surface area contributed by atoms with E-state index in [4.69, 9.17) is 23.2 Å². The van der Waals surface area contributed by atoms with E-state index in [0.717, 1.165) is 24.0 Å². The second kappa shape index (κ2) is 12.4. The smallest absolute Gasteiger partial charge is 0.304 e. The maximum Gasteiger partial charge on any atom is 0.304 e. The van der Waals surface area contributed by atoms with E-state index < -0.39 is 33.5 Å². The van der Waals surface area contributed by atoms with Crippen LogP contribution in [0.4, 0.5) is 0 Å². The van der Waals surface area contributed by atoms with E-state index in [9.17, 15) is 23.1 Å². The lowest BCUT2D eigenvalue weighted by molar-refractivity contribution is -0.161. The number of hydrogen-bond acceptors (Lipinski definition) is 4. The lowest BCUT2D eigenvalue weighted by Crippen LogP contribution is -2.59. The molecule has 2 N–H and O–H groups in total. The molecule has 1 heterocycles. The van der Waals surface area contributed by atoms with Crippen LogP contribution in [0.15, 0.2) is 78.9 Å². The highest BCUT2D eigenvalue weighted by Gasteiger charge is 2.54. The average molecular weight is 630 g/mol. The number of rotatable bonds is 11. The predicted octanol–water partition coefficient (Wildman–Crippen LogP) is 6.43. The SMILES string of the molecule is CC1(CC(=O)O)CC(c2cccc(Cl)c2)C(c2ccc(Cl)cc2)N(C(CNS(=O)(=O)Cc2ccccc2)C2CC2)C1=O. The Bertz CT molecular complexity index is 1550. The number of halogens is 2. The molecule has 3 aromatic carbocycles. The minimum absolute atomic E-state index is 0.0288. The molecule has 222 valence electrons. The number of sulfonamides is 1. The Morgan fingerprint density at radius 1 is 1.00 bits per heavy atom. The van der Waals surface area contributed by atoms with Crippen LogP contribution in [0.3, 0.4) is 0 Å². The molecule has 2 fully saturated rings. The monoisotopic (exact) mass is 628 g/mol. The number of nitrogens with one attached hydrogen (secondary N) is 1. The molecule has 1 amide bonds. The maximum absolute atomic E-state index is 14.5. The fraction of sp³-hybridized carbons (Fsp3) is 0.375. The Morgan fingerprint density at radius 2 is 1.69 bits per heavy atom. The fourth-order valence-electron chi connectivity index (χ4n) is 6.28. The van der Waals surface area contributed by atoms with Gasteiger partial charge in [-0.05, 0) is 66.1 Å². The first-order valence-electron chi connectivity index (χ1n) is 14.0. The number of carboxylic acids is 1. The van der Waals surface area contributed by atoms with Gasteiger partial charge in [-0.1, -0.05) is 84.7 Å². The Labute approximate surface area is 256 Å². The van der Waals surface area contributed by atoms with Gasteiger partial charge in [0.25, 0.3) is 0 Å². The van der Waals surface area contributed by atoms with Crippen molar-refractivity contribution in [3.05, 3.63) is 106 Å². The Morgan fingerprint density at radius 3 is 2.31 bits per heavy atom. The van der Waals surface area contributed by atoms with E-state index >= 15 is 0 Å². The molecule has 0 spiro atoms.